The van der Waals surface area contributed by atoms with Crippen LogP contribution in [0.3, 0.4) is 0 Å². The minimum Gasteiger partial charge on any atom is -0.490 e. The smallest absolute Gasteiger partial charge is 0.410 e. The van der Waals surface area contributed by atoms with E-state index in [-0.39, 0.29) is 18.2 Å². The lowest BCUT2D eigenvalue weighted by atomic mass is 9.96. The number of amides is 1. The number of carbonyl (C=O) groups is 1. The van der Waals surface area contributed by atoms with Crippen LogP contribution in [-0.4, -0.2) is 54.0 Å². The van der Waals surface area contributed by atoms with E-state index in [9.17, 15) is 4.79 Å². The number of benzene rings is 1. The molecule has 2 aliphatic rings. The first-order valence-corrected chi connectivity index (χ1v) is 12.9. The molecule has 1 aromatic carbocycles. The lowest BCUT2D eigenvalue weighted by Crippen LogP contribution is -2.55. The number of hydrogen-bond donors (Lipinski definition) is 0. The molecular weight excluding hydrogens is 452 g/mol. The second kappa shape index (κ2) is 11.7. The zero-order chi connectivity index (χ0) is 25.5. The summed E-state index contributed by atoms with van der Waals surface area (Å²) < 4.78 is 17.3. The number of aromatic nitrogens is 1. The summed E-state index contributed by atoms with van der Waals surface area (Å²) in [7, 11) is 1.79. The third-order valence-electron chi connectivity index (χ3n) is 6.52. The molecule has 1 aliphatic heterocycles. The Morgan fingerprint density at radius 2 is 2.00 bits per heavy atom. The Labute approximate surface area is 215 Å². The van der Waals surface area contributed by atoms with Crippen molar-refractivity contribution >= 4 is 6.09 Å². The van der Waals surface area contributed by atoms with Gasteiger partial charge in [-0.2, -0.15) is 0 Å². The number of allylic oxidation sites excluding steroid dienone is 3. The molecule has 0 saturated carbocycles. The van der Waals surface area contributed by atoms with Crippen molar-refractivity contribution in [2.24, 2.45) is 0 Å². The molecule has 2 unspecified atom stereocenters. The summed E-state index contributed by atoms with van der Waals surface area (Å²) >= 11 is 0. The van der Waals surface area contributed by atoms with Crippen LogP contribution in [0.5, 0.6) is 5.75 Å². The third kappa shape index (κ3) is 7.20. The summed E-state index contributed by atoms with van der Waals surface area (Å²) in [6.45, 7) is 6.75. The number of carbonyl (C=O) groups excluding carboxylic acids is 1. The van der Waals surface area contributed by atoms with E-state index in [1.165, 1.54) is 11.1 Å². The molecule has 192 valence electrons. The van der Waals surface area contributed by atoms with Gasteiger partial charge in [-0.1, -0.05) is 42.5 Å². The molecule has 6 heteroatoms. The van der Waals surface area contributed by atoms with E-state index in [0.29, 0.717) is 18.9 Å². The summed E-state index contributed by atoms with van der Waals surface area (Å²) in [5.41, 5.74) is 4.18. The highest BCUT2D eigenvalue weighted by Gasteiger charge is 2.35. The molecule has 1 aromatic heterocycles. The normalized spacial score (nSPS) is 18.3. The maximum atomic E-state index is 12.4. The summed E-state index contributed by atoms with van der Waals surface area (Å²) in [5.74, 6) is 0.694. The lowest BCUT2D eigenvalue weighted by molar-refractivity contribution is -0.0141. The van der Waals surface area contributed by atoms with Gasteiger partial charge in [0.05, 0.1) is 18.3 Å². The van der Waals surface area contributed by atoms with E-state index in [4.69, 9.17) is 14.2 Å². The highest BCUT2D eigenvalue weighted by atomic mass is 16.6. The van der Waals surface area contributed by atoms with Gasteiger partial charge >= 0.3 is 6.09 Å². The number of likely N-dealkylation sites (tertiary alicyclic amines) is 1. The molecule has 6 nitrogen and oxygen atoms in total. The maximum Gasteiger partial charge on any atom is 0.410 e. The van der Waals surface area contributed by atoms with E-state index in [0.717, 1.165) is 43.2 Å². The van der Waals surface area contributed by atoms with Crippen LogP contribution in [0.1, 0.15) is 52.0 Å². The molecule has 4 rings (SSSR count). The molecule has 0 bridgehead atoms. The second-order valence-corrected chi connectivity index (χ2v) is 10.6. The van der Waals surface area contributed by atoms with Crippen LogP contribution in [0.25, 0.3) is 11.1 Å². The van der Waals surface area contributed by atoms with E-state index >= 15 is 0 Å². The van der Waals surface area contributed by atoms with Gasteiger partial charge in [0.15, 0.2) is 0 Å². The van der Waals surface area contributed by atoms with Crippen LogP contribution in [0.2, 0.25) is 0 Å². The van der Waals surface area contributed by atoms with Crippen LogP contribution >= 0.6 is 0 Å². The Hall–Kier alpha value is -3.12. The molecule has 2 atom stereocenters. The number of pyridine rings is 1. The number of rotatable bonds is 9. The molecule has 0 radical (unpaired) electrons. The van der Waals surface area contributed by atoms with Gasteiger partial charge in [0.2, 0.25) is 0 Å². The van der Waals surface area contributed by atoms with Crippen LogP contribution in [-0.2, 0) is 15.9 Å². The van der Waals surface area contributed by atoms with Crippen molar-refractivity contribution in [2.45, 2.75) is 70.6 Å². The predicted octanol–water partition coefficient (Wildman–Crippen LogP) is 6.36. The Bertz CT molecular complexity index is 1100. The van der Waals surface area contributed by atoms with Gasteiger partial charge < -0.3 is 19.1 Å². The van der Waals surface area contributed by atoms with Crippen molar-refractivity contribution in [1.29, 1.82) is 0 Å². The largest absolute Gasteiger partial charge is 0.490 e. The first kappa shape index (κ1) is 26.0. The maximum absolute atomic E-state index is 12.4. The van der Waals surface area contributed by atoms with E-state index in [1.807, 2.05) is 33.0 Å². The standard InChI is InChI=1S/C30H38N2O4/c1-30(2,3)36-29(33)32-14-13-26(32)21-35-28-18-25(19-31-20-28)24-12-8-11-23(15-24)17-27(34-4)16-22-9-6-5-7-10-22/h6,8-12,15,18-20,26-27H,5,7,13-14,16-17,21H2,1-4H3. The average molecular weight is 491 g/mol. The van der Waals surface area contributed by atoms with Crippen LogP contribution in [0.4, 0.5) is 4.79 Å². The molecule has 1 fully saturated rings. The van der Waals surface area contributed by atoms with Crippen molar-refractivity contribution in [3.63, 3.8) is 0 Å². The van der Waals surface area contributed by atoms with Crippen molar-refractivity contribution in [2.75, 3.05) is 20.3 Å². The molecule has 1 saturated heterocycles. The van der Waals surface area contributed by atoms with Crippen molar-refractivity contribution < 1.29 is 19.0 Å². The van der Waals surface area contributed by atoms with Crippen molar-refractivity contribution in [1.82, 2.24) is 9.88 Å². The second-order valence-electron chi connectivity index (χ2n) is 10.6. The minimum absolute atomic E-state index is 0.0203. The molecule has 36 heavy (non-hydrogen) atoms. The number of ether oxygens (including phenoxy) is 3. The van der Waals surface area contributed by atoms with Crippen molar-refractivity contribution in [3.8, 4) is 16.9 Å². The highest BCUT2D eigenvalue weighted by Crippen LogP contribution is 2.27. The fourth-order valence-electron chi connectivity index (χ4n) is 4.48. The van der Waals surface area contributed by atoms with E-state index in [1.54, 1.807) is 18.2 Å². The van der Waals surface area contributed by atoms with Gasteiger partial charge in [-0.25, -0.2) is 4.79 Å². The number of nitrogens with zero attached hydrogens (tertiary/aromatic N) is 2. The molecular formula is C30H38N2O4. The first-order chi connectivity index (χ1) is 17.3. The minimum atomic E-state index is -0.502. The predicted molar refractivity (Wildman–Crippen MR) is 142 cm³/mol. The van der Waals surface area contributed by atoms with Crippen LogP contribution in [0, 0.1) is 0 Å². The Morgan fingerprint density at radius 1 is 1.14 bits per heavy atom. The Balaban J connectivity index is 1.36. The van der Waals surface area contributed by atoms with Gasteiger partial charge in [-0.3, -0.25) is 4.98 Å². The summed E-state index contributed by atoms with van der Waals surface area (Å²) in [6.07, 6.45) is 15.1. The van der Waals surface area contributed by atoms with E-state index < -0.39 is 5.60 Å². The lowest BCUT2D eigenvalue weighted by Gasteiger charge is -2.40. The number of hydrogen-bond acceptors (Lipinski definition) is 5. The summed E-state index contributed by atoms with van der Waals surface area (Å²) in [5, 5.41) is 0. The molecule has 2 aromatic rings. The Kier molecular flexibility index (Phi) is 8.47. The van der Waals surface area contributed by atoms with Crippen LogP contribution in [0.15, 0.2) is 66.5 Å². The van der Waals surface area contributed by atoms with E-state index in [2.05, 4.69) is 47.5 Å². The highest BCUT2D eigenvalue weighted by molar-refractivity contribution is 5.69. The van der Waals surface area contributed by atoms with Crippen LogP contribution < -0.4 is 4.74 Å². The summed E-state index contributed by atoms with van der Waals surface area (Å²) in [4.78, 5) is 18.5. The zero-order valence-electron chi connectivity index (χ0n) is 21.9. The molecule has 1 aliphatic carbocycles. The topological polar surface area (TPSA) is 60.9 Å². The SMILES string of the molecule is COC(CC1=CCCC=C1)Cc1cccc(-c2cncc(OCC3CCN3C(=O)OC(C)(C)C)c2)c1. The quantitative estimate of drug-likeness (QED) is 0.409. The monoisotopic (exact) mass is 490 g/mol. The molecule has 2 heterocycles. The Morgan fingerprint density at radius 3 is 2.69 bits per heavy atom. The molecule has 0 spiro atoms. The average Bonchev–Trinajstić information content (AvgIpc) is 2.83. The zero-order valence-corrected chi connectivity index (χ0v) is 21.9. The van der Waals surface area contributed by atoms with Crippen molar-refractivity contribution in [3.05, 3.63) is 72.1 Å². The molecule has 1 amide bonds. The van der Waals surface area contributed by atoms with Gasteiger partial charge in [0.25, 0.3) is 0 Å². The molecule has 0 N–H and O–H groups in total. The summed E-state index contributed by atoms with van der Waals surface area (Å²) in [6, 6.07) is 10.6. The van der Waals surface area contributed by atoms with Gasteiger partial charge in [0, 0.05) is 25.4 Å². The van der Waals surface area contributed by atoms with Gasteiger partial charge in [-0.05, 0) is 75.6 Å². The van der Waals surface area contributed by atoms with Gasteiger partial charge in [-0.15, -0.1) is 0 Å². The fourth-order valence-corrected chi connectivity index (χ4v) is 4.48. The fraction of sp³-hybridized carbons (Fsp3) is 0.467. The third-order valence-corrected chi connectivity index (χ3v) is 6.52. The first-order valence-electron chi connectivity index (χ1n) is 12.9. The van der Waals surface area contributed by atoms with Gasteiger partial charge in [0.1, 0.15) is 18.0 Å². The number of methoxy groups -OCH3 is 1.